The third-order valence-electron chi connectivity index (χ3n) is 6.27. The van der Waals surface area contributed by atoms with Crippen LogP contribution in [0.5, 0.6) is 0 Å². The molecule has 256 valence electrons. The topological polar surface area (TPSA) is 98.8 Å². The number of carbonyl (C=O) groups excluding carboxylic acids is 2. The van der Waals surface area contributed by atoms with Crippen LogP contribution in [0, 0.1) is 0 Å². The van der Waals surface area contributed by atoms with Crippen molar-refractivity contribution in [2.75, 3.05) is 13.2 Å². The Morgan fingerprint density at radius 1 is 0.659 bits per heavy atom. The monoisotopic (exact) mass is 722 g/mol. The van der Waals surface area contributed by atoms with Crippen LogP contribution in [0.4, 0.5) is 0 Å². The van der Waals surface area contributed by atoms with E-state index in [0.29, 0.717) is 49.3 Å². The first kappa shape index (κ1) is 41.5. The summed E-state index contributed by atoms with van der Waals surface area (Å²) in [6, 6.07) is 0.694. The van der Waals surface area contributed by atoms with Crippen LogP contribution < -0.4 is 0 Å². The summed E-state index contributed by atoms with van der Waals surface area (Å²) in [4.78, 5) is 24.2. The molecule has 0 aliphatic carbocycles. The van der Waals surface area contributed by atoms with Gasteiger partial charge in [0.25, 0.3) is 0 Å². The van der Waals surface area contributed by atoms with E-state index in [2.05, 4.69) is 91.7 Å². The molecule has 1 aliphatic heterocycles. The molecule has 1 fully saturated rings. The average molecular weight is 723 g/mol. The highest BCUT2D eigenvalue weighted by atomic mass is 29.3. The molecular formula is C29H62O9Si6. The van der Waals surface area contributed by atoms with E-state index >= 15 is 0 Å². The van der Waals surface area contributed by atoms with Crippen molar-refractivity contribution >= 4 is 61.6 Å². The lowest BCUT2D eigenvalue weighted by Crippen LogP contribution is -2.82. The lowest BCUT2D eigenvalue weighted by molar-refractivity contribution is -0.139. The van der Waals surface area contributed by atoms with Crippen molar-refractivity contribution in [3.05, 3.63) is 24.3 Å². The SMILES string of the molecule is C=C(C)C(=O)OCCCC1(CCCOC(=O)C(=C)C)CC[Si](O[Si](C)(C)C)(O[Si](C)(C)C)[Si](O[Si](C)(C)C)(O[Si](C)(C)C)O1. The highest BCUT2D eigenvalue weighted by Gasteiger charge is 2.75. The molecule has 44 heavy (non-hydrogen) atoms. The molecule has 1 aliphatic rings. The third kappa shape index (κ3) is 14.1. The summed E-state index contributed by atoms with van der Waals surface area (Å²) < 4.78 is 47.6. The van der Waals surface area contributed by atoms with E-state index in [1.165, 1.54) is 0 Å². The Balaban J connectivity index is 3.76. The number of hydrogen-bond acceptors (Lipinski definition) is 9. The smallest absolute Gasteiger partial charge is 0.462 e. The Labute approximate surface area is 274 Å². The van der Waals surface area contributed by atoms with Gasteiger partial charge >= 0.3 is 28.3 Å². The molecule has 0 aromatic carbocycles. The molecule has 0 unspecified atom stereocenters. The van der Waals surface area contributed by atoms with Gasteiger partial charge in [0.2, 0.25) is 0 Å². The van der Waals surface area contributed by atoms with E-state index in [4.69, 9.17) is 30.4 Å². The van der Waals surface area contributed by atoms with Gasteiger partial charge in [0.15, 0.2) is 33.3 Å². The van der Waals surface area contributed by atoms with E-state index < -0.39 is 67.2 Å². The van der Waals surface area contributed by atoms with Crippen molar-refractivity contribution < 1.29 is 39.9 Å². The minimum Gasteiger partial charge on any atom is -0.462 e. The predicted molar refractivity (Wildman–Crippen MR) is 192 cm³/mol. The Hall–Kier alpha value is -0.479. The summed E-state index contributed by atoms with van der Waals surface area (Å²) >= 11 is 0. The van der Waals surface area contributed by atoms with Gasteiger partial charge in [-0.2, -0.15) is 0 Å². The van der Waals surface area contributed by atoms with Crippen LogP contribution >= 0.6 is 0 Å². The number of esters is 2. The Bertz CT molecular complexity index is 956. The predicted octanol–water partition coefficient (Wildman–Crippen LogP) is 7.81. The van der Waals surface area contributed by atoms with Gasteiger partial charge in [0, 0.05) is 11.1 Å². The summed E-state index contributed by atoms with van der Waals surface area (Å²) in [5.74, 6) is -0.802. The van der Waals surface area contributed by atoms with Gasteiger partial charge in [-0.1, -0.05) is 13.2 Å². The van der Waals surface area contributed by atoms with Crippen LogP contribution in [0.25, 0.3) is 0 Å². The first-order chi connectivity index (χ1) is 19.6. The second-order valence-corrected chi connectivity index (χ2v) is 43.6. The number of carbonyl (C=O) groups is 2. The van der Waals surface area contributed by atoms with Crippen LogP contribution in [0.15, 0.2) is 24.3 Å². The van der Waals surface area contributed by atoms with E-state index in [1.807, 2.05) is 0 Å². The maximum absolute atomic E-state index is 12.1. The van der Waals surface area contributed by atoms with Gasteiger partial charge in [-0.25, -0.2) is 9.59 Å². The fraction of sp³-hybridized carbons (Fsp3) is 0.793. The number of rotatable bonds is 18. The first-order valence-corrected chi connectivity index (χ1v) is 34.2. The molecule has 0 spiro atoms. The average Bonchev–Trinajstić information content (AvgIpc) is 2.77. The largest absolute Gasteiger partial charge is 0.517 e. The van der Waals surface area contributed by atoms with Gasteiger partial charge < -0.3 is 30.4 Å². The van der Waals surface area contributed by atoms with Crippen molar-refractivity contribution in [3.63, 3.8) is 0 Å². The molecule has 15 heteroatoms. The summed E-state index contributed by atoms with van der Waals surface area (Å²) in [6.07, 6.45) is 3.11. The molecule has 0 bridgehead atoms. The van der Waals surface area contributed by atoms with Crippen molar-refractivity contribution in [2.45, 2.75) is 136 Å². The molecule has 0 amide bonds. The lowest BCUT2D eigenvalue weighted by Gasteiger charge is -2.58. The van der Waals surface area contributed by atoms with Crippen LogP contribution in [0.3, 0.4) is 0 Å². The second-order valence-electron chi connectivity index (χ2n) is 16.0. The highest BCUT2D eigenvalue weighted by Crippen LogP contribution is 2.49. The molecule has 1 heterocycles. The molecule has 0 N–H and O–H groups in total. The zero-order chi connectivity index (χ0) is 34.4. The van der Waals surface area contributed by atoms with E-state index in [1.54, 1.807) is 13.8 Å². The van der Waals surface area contributed by atoms with Gasteiger partial charge in [-0.05, 0) is 131 Å². The fourth-order valence-electron chi connectivity index (χ4n) is 5.06. The molecule has 9 nitrogen and oxygen atoms in total. The van der Waals surface area contributed by atoms with E-state index in [-0.39, 0.29) is 13.2 Å². The molecule has 0 atom stereocenters. The van der Waals surface area contributed by atoms with Gasteiger partial charge in [-0.15, -0.1) is 0 Å². The standard InChI is InChI=1S/C29H62O9Si6/c1-25(2)27(30)32-22-17-19-29(20-18-23-33-28(31)26(3)4)21-24-43(35-39(5,6)7,36-40(8,9)10)44(34-29,37-41(11,12)13)38-42(14,15)16/h1,3,17-24H2,2,4-16H3. The highest BCUT2D eigenvalue weighted by molar-refractivity contribution is 7.34. The van der Waals surface area contributed by atoms with Crippen LogP contribution in [-0.4, -0.2) is 80.4 Å². The summed E-state index contributed by atoms with van der Waals surface area (Å²) in [5.41, 5.74) is 0.0854. The zero-order valence-electron chi connectivity index (χ0n) is 30.2. The van der Waals surface area contributed by atoms with Crippen molar-refractivity contribution in [3.8, 4) is 0 Å². The van der Waals surface area contributed by atoms with Crippen molar-refractivity contribution in [1.29, 1.82) is 0 Å². The number of hydrogen-bond donors (Lipinski definition) is 0. The van der Waals surface area contributed by atoms with Gasteiger partial charge in [-0.3, -0.25) is 0 Å². The lowest BCUT2D eigenvalue weighted by atomic mass is 9.89. The molecular weight excluding hydrogens is 661 g/mol. The Morgan fingerprint density at radius 3 is 1.30 bits per heavy atom. The van der Waals surface area contributed by atoms with E-state index in [9.17, 15) is 9.59 Å². The summed E-state index contributed by atoms with van der Waals surface area (Å²) in [6.45, 7) is 37.4. The molecule has 1 rings (SSSR count). The van der Waals surface area contributed by atoms with Crippen molar-refractivity contribution in [2.24, 2.45) is 0 Å². The second kappa shape index (κ2) is 15.6. The Morgan fingerprint density at radius 2 is 1.00 bits per heavy atom. The first-order valence-electron chi connectivity index (χ1n) is 15.8. The molecule has 0 aromatic rings. The Kier molecular flexibility index (Phi) is 14.7. The fourth-order valence-corrected chi connectivity index (χ4v) is 44.5. The maximum Gasteiger partial charge on any atom is 0.517 e. The van der Waals surface area contributed by atoms with E-state index in [0.717, 1.165) is 0 Å². The normalized spacial score (nSPS) is 18.4. The summed E-state index contributed by atoms with van der Waals surface area (Å²) in [7, 11) is -15.7. The maximum atomic E-state index is 12.1. The quantitative estimate of drug-likeness (QED) is 0.0607. The molecule has 1 saturated heterocycles. The summed E-state index contributed by atoms with van der Waals surface area (Å²) in [5, 5.41) is 0. The minimum atomic E-state index is -3.64. The van der Waals surface area contributed by atoms with Crippen LogP contribution in [0.1, 0.15) is 46.0 Å². The molecule has 0 aromatic heterocycles. The third-order valence-corrected chi connectivity index (χ3v) is 30.9. The molecule has 0 radical (unpaired) electrons. The molecule has 0 saturated carbocycles. The van der Waals surface area contributed by atoms with Crippen LogP contribution in [0.2, 0.25) is 84.6 Å². The zero-order valence-corrected chi connectivity index (χ0v) is 36.2. The van der Waals surface area contributed by atoms with Crippen molar-refractivity contribution in [1.82, 2.24) is 0 Å². The number of ether oxygens (including phenoxy) is 2. The van der Waals surface area contributed by atoms with Gasteiger partial charge in [0.05, 0.1) is 18.8 Å². The minimum absolute atomic E-state index is 0.249. The van der Waals surface area contributed by atoms with Gasteiger partial charge in [0.1, 0.15) is 0 Å². The van der Waals surface area contributed by atoms with Crippen LogP contribution in [-0.2, 0) is 39.9 Å².